The number of hydrogen-bond donors (Lipinski definition) is 1. The molecule has 1 aromatic carbocycles. The van der Waals surface area contributed by atoms with Crippen LogP contribution in [0.3, 0.4) is 0 Å². The zero-order valence-electron chi connectivity index (χ0n) is 13.5. The first-order valence-corrected chi connectivity index (χ1v) is 8.31. The number of allylic oxidation sites excluding steroid dienone is 2. The average molecular weight is 301 g/mol. The normalized spacial score (nSPS) is 24.2. The third-order valence-electron chi connectivity index (χ3n) is 5.53. The largest absolute Gasteiger partial charge is 0.396 e. The maximum absolute atomic E-state index is 14.0. The van der Waals surface area contributed by atoms with E-state index in [1.54, 1.807) is 12.1 Å². The van der Waals surface area contributed by atoms with Crippen LogP contribution < -0.4 is 5.73 Å². The van der Waals surface area contributed by atoms with Crippen molar-refractivity contribution in [2.75, 3.05) is 5.73 Å². The number of unbranched alkanes of at least 4 members (excludes halogenated alkanes) is 1. The van der Waals surface area contributed by atoms with Gasteiger partial charge in [-0.2, -0.15) is 0 Å². The Morgan fingerprint density at radius 3 is 2.73 bits per heavy atom. The van der Waals surface area contributed by atoms with Crippen molar-refractivity contribution in [1.29, 1.82) is 0 Å². The highest BCUT2D eigenvalue weighted by molar-refractivity contribution is 6.05. The topological polar surface area (TPSA) is 43.1 Å². The fraction of sp³-hybridized carbons (Fsp3) is 0.526. The Hall–Kier alpha value is -1.64. The summed E-state index contributed by atoms with van der Waals surface area (Å²) < 4.78 is 14.0. The van der Waals surface area contributed by atoms with Crippen molar-refractivity contribution < 1.29 is 9.18 Å². The zero-order valence-corrected chi connectivity index (χ0v) is 13.5. The van der Waals surface area contributed by atoms with E-state index in [1.165, 1.54) is 0 Å². The number of ketones is 1. The summed E-state index contributed by atoms with van der Waals surface area (Å²) in [5.41, 5.74) is 9.97. The summed E-state index contributed by atoms with van der Waals surface area (Å²) in [5.74, 6) is -0.157. The molecule has 0 heterocycles. The average Bonchev–Trinajstić information content (AvgIpc) is 2.50. The maximum Gasteiger partial charge on any atom is 0.158 e. The van der Waals surface area contributed by atoms with Crippen molar-refractivity contribution in [3.63, 3.8) is 0 Å². The minimum absolute atomic E-state index is 0.0591. The second kappa shape index (κ2) is 5.53. The minimum Gasteiger partial charge on any atom is -0.396 e. The summed E-state index contributed by atoms with van der Waals surface area (Å²) in [4.78, 5) is 12.3. The van der Waals surface area contributed by atoms with Crippen molar-refractivity contribution in [3.8, 4) is 0 Å². The fourth-order valence-electron chi connectivity index (χ4n) is 4.28. The molecule has 3 heteroatoms. The predicted molar refractivity (Wildman–Crippen MR) is 87.9 cm³/mol. The van der Waals surface area contributed by atoms with Gasteiger partial charge < -0.3 is 5.73 Å². The standard InChI is InChI=1S/C19H24FNO/c1-3-4-7-19-8-5-13-10-16(21)15(20)11-14(13)18(19)12(2)17(22)6-9-19/h10-11H,3-9,21H2,1-2H3. The molecule has 118 valence electrons. The molecule has 0 fully saturated rings. The number of nitrogens with two attached hydrogens (primary N) is 1. The van der Waals surface area contributed by atoms with Gasteiger partial charge in [0.15, 0.2) is 5.78 Å². The van der Waals surface area contributed by atoms with Gasteiger partial charge in [-0.3, -0.25) is 4.79 Å². The summed E-state index contributed by atoms with van der Waals surface area (Å²) in [6.07, 6.45) is 6.90. The second-order valence-electron chi connectivity index (χ2n) is 6.84. The molecule has 2 nitrogen and oxygen atoms in total. The predicted octanol–water partition coefficient (Wildman–Crippen LogP) is 4.67. The van der Waals surface area contributed by atoms with Gasteiger partial charge in [0.05, 0.1) is 5.69 Å². The molecule has 2 N–H and O–H groups in total. The quantitative estimate of drug-likeness (QED) is 0.825. The molecule has 1 aromatic rings. The molecule has 0 bridgehead atoms. The summed E-state index contributed by atoms with van der Waals surface area (Å²) >= 11 is 0. The number of fused-ring (bicyclic) bond motifs is 3. The van der Waals surface area contributed by atoms with E-state index in [2.05, 4.69) is 6.92 Å². The number of Topliss-reactive ketones (excluding diaryl/α,β-unsaturated/α-hetero) is 1. The zero-order chi connectivity index (χ0) is 15.9. The van der Waals surface area contributed by atoms with Crippen LogP contribution in [0.25, 0.3) is 5.57 Å². The van der Waals surface area contributed by atoms with Gasteiger partial charge in [0.25, 0.3) is 0 Å². The molecule has 0 saturated heterocycles. The van der Waals surface area contributed by atoms with Crippen molar-refractivity contribution in [2.45, 2.75) is 58.8 Å². The number of aryl methyl sites for hydroxylation is 1. The van der Waals surface area contributed by atoms with Gasteiger partial charge in [0.1, 0.15) is 5.82 Å². The number of nitrogen functional groups attached to an aromatic ring is 1. The maximum atomic E-state index is 14.0. The lowest BCUT2D eigenvalue weighted by molar-refractivity contribution is -0.116. The van der Waals surface area contributed by atoms with Crippen LogP contribution in [-0.2, 0) is 11.2 Å². The summed E-state index contributed by atoms with van der Waals surface area (Å²) in [6.45, 7) is 4.11. The lowest BCUT2D eigenvalue weighted by Gasteiger charge is -2.44. The van der Waals surface area contributed by atoms with Gasteiger partial charge in [-0.25, -0.2) is 4.39 Å². The lowest BCUT2D eigenvalue weighted by atomic mass is 9.59. The number of benzene rings is 1. The van der Waals surface area contributed by atoms with Gasteiger partial charge >= 0.3 is 0 Å². The molecular formula is C19H24FNO. The number of carbonyl (C=O) groups excluding carboxylic acids is 1. The molecule has 2 aliphatic rings. The number of hydrogen-bond acceptors (Lipinski definition) is 2. The van der Waals surface area contributed by atoms with Crippen LogP contribution in [0.4, 0.5) is 10.1 Å². The Labute approximate surface area is 131 Å². The SMILES string of the molecule is CCCCC12CCC(=O)C(C)=C1c1cc(F)c(N)cc1CC2. The Kier molecular flexibility index (Phi) is 3.84. The van der Waals surface area contributed by atoms with E-state index < -0.39 is 0 Å². The molecule has 0 amide bonds. The van der Waals surface area contributed by atoms with Gasteiger partial charge in [-0.15, -0.1) is 0 Å². The van der Waals surface area contributed by atoms with Crippen LogP contribution in [0.15, 0.2) is 17.7 Å². The highest BCUT2D eigenvalue weighted by atomic mass is 19.1. The molecule has 1 atom stereocenters. The Morgan fingerprint density at radius 1 is 1.27 bits per heavy atom. The first-order chi connectivity index (χ1) is 10.5. The molecule has 0 spiro atoms. The molecule has 1 unspecified atom stereocenters. The monoisotopic (exact) mass is 301 g/mol. The third kappa shape index (κ3) is 2.27. The molecule has 0 saturated carbocycles. The van der Waals surface area contributed by atoms with Crippen molar-refractivity contribution in [3.05, 3.63) is 34.6 Å². The first-order valence-electron chi connectivity index (χ1n) is 8.31. The molecule has 22 heavy (non-hydrogen) atoms. The summed E-state index contributed by atoms with van der Waals surface area (Å²) in [7, 11) is 0. The van der Waals surface area contributed by atoms with Gasteiger partial charge in [0.2, 0.25) is 0 Å². The van der Waals surface area contributed by atoms with Crippen LogP contribution in [0.2, 0.25) is 0 Å². The van der Waals surface area contributed by atoms with Gasteiger partial charge in [-0.05, 0) is 72.4 Å². The minimum atomic E-state index is -0.372. The third-order valence-corrected chi connectivity index (χ3v) is 5.53. The van der Waals surface area contributed by atoms with Crippen molar-refractivity contribution >= 4 is 17.0 Å². The number of carbonyl (C=O) groups is 1. The van der Waals surface area contributed by atoms with E-state index in [1.807, 2.05) is 6.92 Å². The molecule has 0 aliphatic heterocycles. The molecule has 0 radical (unpaired) electrons. The Morgan fingerprint density at radius 2 is 2.00 bits per heavy atom. The molecular weight excluding hydrogens is 277 g/mol. The summed E-state index contributed by atoms with van der Waals surface area (Å²) in [6, 6.07) is 3.32. The van der Waals surface area contributed by atoms with E-state index >= 15 is 0 Å². The van der Waals surface area contributed by atoms with Crippen LogP contribution in [0.5, 0.6) is 0 Å². The van der Waals surface area contributed by atoms with Crippen LogP contribution >= 0.6 is 0 Å². The summed E-state index contributed by atoms with van der Waals surface area (Å²) in [5, 5.41) is 0. The fourth-order valence-corrected chi connectivity index (χ4v) is 4.28. The van der Waals surface area contributed by atoms with Crippen LogP contribution in [0, 0.1) is 11.2 Å². The highest BCUT2D eigenvalue weighted by Gasteiger charge is 2.43. The molecule has 2 aliphatic carbocycles. The van der Waals surface area contributed by atoms with E-state index in [9.17, 15) is 9.18 Å². The van der Waals surface area contributed by atoms with E-state index in [-0.39, 0.29) is 22.7 Å². The van der Waals surface area contributed by atoms with Gasteiger partial charge in [-0.1, -0.05) is 19.8 Å². The number of anilines is 1. The first kappa shape index (κ1) is 15.3. The second-order valence-corrected chi connectivity index (χ2v) is 6.84. The van der Waals surface area contributed by atoms with E-state index in [0.717, 1.165) is 60.8 Å². The highest BCUT2D eigenvalue weighted by Crippen LogP contribution is 2.55. The number of rotatable bonds is 3. The number of halogens is 1. The van der Waals surface area contributed by atoms with Crippen LogP contribution in [0.1, 0.15) is 63.5 Å². The smallest absolute Gasteiger partial charge is 0.158 e. The lowest BCUT2D eigenvalue weighted by Crippen LogP contribution is -2.34. The van der Waals surface area contributed by atoms with Crippen LogP contribution in [-0.4, -0.2) is 5.78 Å². The Balaban J connectivity index is 2.19. The van der Waals surface area contributed by atoms with Crippen molar-refractivity contribution in [1.82, 2.24) is 0 Å². The Bertz CT molecular complexity index is 662. The molecule has 3 rings (SSSR count). The molecule has 0 aromatic heterocycles. The van der Waals surface area contributed by atoms with Crippen molar-refractivity contribution in [2.24, 2.45) is 5.41 Å². The van der Waals surface area contributed by atoms with Gasteiger partial charge in [0, 0.05) is 6.42 Å². The van der Waals surface area contributed by atoms with E-state index in [4.69, 9.17) is 5.73 Å². The van der Waals surface area contributed by atoms with E-state index in [0.29, 0.717) is 6.42 Å².